The van der Waals surface area contributed by atoms with Gasteiger partial charge in [0.05, 0.1) is 6.33 Å². The van der Waals surface area contributed by atoms with Gasteiger partial charge in [0.1, 0.15) is 5.69 Å². The highest BCUT2D eigenvalue weighted by atomic mass is 16.1. The van der Waals surface area contributed by atoms with Crippen LogP contribution in [0.25, 0.3) is 0 Å². The molecule has 0 aliphatic heterocycles. The molecule has 88 valence electrons. The van der Waals surface area contributed by atoms with Gasteiger partial charge in [-0.3, -0.25) is 4.79 Å². The average Bonchev–Trinajstić information content (AvgIpc) is 2.78. The van der Waals surface area contributed by atoms with Crippen LogP contribution in [0.15, 0.2) is 42.9 Å². The molecule has 3 nitrogen and oxygen atoms in total. The van der Waals surface area contributed by atoms with E-state index < -0.39 is 0 Å². The summed E-state index contributed by atoms with van der Waals surface area (Å²) in [6, 6.07) is 9.21. The Morgan fingerprint density at radius 3 is 2.35 bits per heavy atom. The number of carbonyl (C=O) groups is 1. The van der Waals surface area contributed by atoms with Crippen LogP contribution in [0.1, 0.15) is 36.8 Å². The Morgan fingerprint density at radius 2 is 1.82 bits per heavy atom. The molecule has 1 aromatic heterocycles. The first-order chi connectivity index (χ1) is 7.98. The van der Waals surface area contributed by atoms with Crippen molar-refractivity contribution in [1.29, 1.82) is 0 Å². The van der Waals surface area contributed by atoms with Gasteiger partial charge in [-0.15, -0.1) is 0 Å². The fourth-order valence-corrected chi connectivity index (χ4v) is 1.54. The van der Waals surface area contributed by atoms with E-state index in [0.29, 0.717) is 11.3 Å². The van der Waals surface area contributed by atoms with Crippen molar-refractivity contribution in [2.24, 2.45) is 0 Å². The highest BCUT2D eigenvalue weighted by Gasteiger charge is 2.17. The second-order valence-electron chi connectivity index (χ2n) is 5.03. The average molecular weight is 228 g/mol. The van der Waals surface area contributed by atoms with Gasteiger partial charge in [0.2, 0.25) is 5.78 Å². The molecule has 1 aromatic carbocycles. The quantitative estimate of drug-likeness (QED) is 0.741. The fraction of sp³-hybridized carbons (Fsp3) is 0.286. The Kier molecular flexibility index (Phi) is 2.84. The largest absolute Gasteiger partial charge is 0.331 e. The van der Waals surface area contributed by atoms with Crippen LogP contribution in [-0.2, 0) is 5.54 Å². The van der Waals surface area contributed by atoms with Crippen LogP contribution >= 0.6 is 0 Å². The third kappa shape index (κ3) is 2.44. The van der Waals surface area contributed by atoms with Gasteiger partial charge in [0, 0.05) is 17.3 Å². The van der Waals surface area contributed by atoms with E-state index in [1.54, 1.807) is 24.7 Å². The molecule has 0 atom stereocenters. The summed E-state index contributed by atoms with van der Waals surface area (Å²) in [6.07, 6.45) is 3.51. The molecule has 0 spiro atoms. The first kappa shape index (κ1) is 11.6. The minimum absolute atomic E-state index is 0.0337. The molecule has 0 aliphatic rings. The van der Waals surface area contributed by atoms with Crippen LogP contribution in [0.2, 0.25) is 0 Å². The predicted molar refractivity (Wildman–Crippen MR) is 67.1 cm³/mol. The topological polar surface area (TPSA) is 34.9 Å². The highest BCUT2D eigenvalue weighted by molar-refractivity contribution is 6.07. The van der Waals surface area contributed by atoms with E-state index >= 15 is 0 Å². The van der Waals surface area contributed by atoms with E-state index in [1.165, 1.54) is 0 Å². The molecule has 0 saturated carbocycles. The van der Waals surface area contributed by atoms with E-state index in [2.05, 4.69) is 25.8 Å². The first-order valence-electron chi connectivity index (χ1n) is 5.63. The summed E-state index contributed by atoms with van der Waals surface area (Å²) >= 11 is 0. The molecule has 0 fully saturated rings. The van der Waals surface area contributed by atoms with Crippen LogP contribution in [0.5, 0.6) is 0 Å². The van der Waals surface area contributed by atoms with Crippen molar-refractivity contribution < 1.29 is 4.79 Å². The van der Waals surface area contributed by atoms with Crippen molar-refractivity contribution in [2.45, 2.75) is 26.3 Å². The molecule has 0 saturated heterocycles. The normalized spacial score (nSPS) is 11.5. The van der Waals surface area contributed by atoms with Crippen molar-refractivity contribution in [2.75, 3.05) is 0 Å². The van der Waals surface area contributed by atoms with E-state index in [4.69, 9.17) is 0 Å². The van der Waals surface area contributed by atoms with Crippen molar-refractivity contribution in [3.63, 3.8) is 0 Å². The Labute approximate surface area is 101 Å². The lowest BCUT2D eigenvalue weighted by molar-refractivity contribution is 0.103. The molecule has 2 aromatic rings. The van der Waals surface area contributed by atoms with Gasteiger partial charge >= 0.3 is 0 Å². The zero-order valence-corrected chi connectivity index (χ0v) is 10.3. The van der Waals surface area contributed by atoms with Crippen LogP contribution in [-0.4, -0.2) is 15.3 Å². The van der Waals surface area contributed by atoms with Crippen LogP contribution in [0.4, 0.5) is 0 Å². The summed E-state index contributed by atoms with van der Waals surface area (Å²) in [7, 11) is 0. The summed E-state index contributed by atoms with van der Waals surface area (Å²) in [6.45, 7) is 6.22. The van der Waals surface area contributed by atoms with E-state index in [0.717, 1.165) is 0 Å². The van der Waals surface area contributed by atoms with Crippen LogP contribution in [0.3, 0.4) is 0 Å². The van der Waals surface area contributed by atoms with Gasteiger partial charge in [-0.1, -0.05) is 30.3 Å². The zero-order chi connectivity index (χ0) is 12.5. The number of ketones is 1. The maximum absolute atomic E-state index is 12.1. The number of hydrogen-bond acceptors (Lipinski definition) is 2. The van der Waals surface area contributed by atoms with Crippen LogP contribution < -0.4 is 0 Å². The molecule has 0 N–H and O–H groups in total. The summed E-state index contributed by atoms with van der Waals surface area (Å²) in [5.41, 5.74) is 1.11. The summed E-state index contributed by atoms with van der Waals surface area (Å²) in [5, 5.41) is 0. The third-order valence-electron chi connectivity index (χ3n) is 2.63. The van der Waals surface area contributed by atoms with E-state index in [-0.39, 0.29) is 11.3 Å². The lowest BCUT2D eigenvalue weighted by atomic mass is 10.1. The summed E-state index contributed by atoms with van der Waals surface area (Å²) in [5.74, 6) is -0.0337. The first-order valence-corrected chi connectivity index (χ1v) is 5.63. The number of aromatic nitrogens is 2. The third-order valence-corrected chi connectivity index (χ3v) is 2.63. The zero-order valence-electron chi connectivity index (χ0n) is 10.3. The molecule has 2 rings (SSSR count). The highest BCUT2D eigenvalue weighted by Crippen LogP contribution is 2.15. The Balaban J connectivity index is 2.30. The van der Waals surface area contributed by atoms with Crippen molar-refractivity contribution in [1.82, 2.24) is 9.55 Å². The molecule has 0 unspecified atom stereocenters. The maximum Gasteiger partial charge on any atom is 0.212 e. The predicted octanol–water partition coefficient (Wildman–Crippen LogP) is 2.87. The molecule has 0 aliphatic carbocycles. The number of imidazole rings is 1. The van der Waals surface area contributed by atoms with Crippen molar-refractivity contribution in [3.8, 4) is 0 Å². The molecule has 17 heavy (non-hydrogen) atoms. The second-order valence-corrected chi connectivity index (χ2v) is 5.03. The van der Waals surface area contributed by atoms with Crippen LogP contribution in [0, 0.1) is 0 Å². The molecule has 0 amide bonds. The van der Waals surface area contributed by atoms with Crippen molar-refractivity contribution in [3.05, 3.63) is 54.1 Å². The Bertz CT molecular complexity index is 521. The SMILES string of the molecule is CC(C)(C)n1cnc(C(=O)c2ccccc2)c1. The number of hydrogen-bond donors (Lipinski definition) is 0. The molecular weight excluding hydrogens is 212 g/mol. The summed E-state index contributed by atoms with van der Waals surface area (Å²) in [4.78, 5) is 16.3. The standard InChI is InChI=1S/C14H16N2O/c1-14(2,3)16-9-12(15-10-16)13(17)11-7-5-4-6-8-11/h4-10H,1-3H3. The number of rotatable bonds is 2. The number of nitrogens with zero attached hydrogens (tertiary/aromatic N) is 2. The van der Waals surface area contributed by atoms with Gasteiger partial charge in [-0.05, 0) is 20.8 Å². The number of benzene rings is 1. The maximum atomic E-state index is 12.1. The minimum Gasteiger partial charge on any atom is -0.331 e. The van der Waals surface area contributed by atoms with Gasteiger partial charge in [0.25, 0.3) is 0 Å². The van der Waals surface area contributed by atoms with Gasteiger partial charge in [-0.2, -0.15) is 0 Å². The Morgan fingerprint density at radius 1 is 1.18 bits per heavy atom. The minimum atomic E-state index is -0.0534. The smallest absolute Gasteiger partial charge is 0.212 e. The van der Waals surface area contributed by atoms with E-state index in [1.807, 2.05) is 22.8 Å². The molecule has 1 heterocycles. The second kappa shape index (κ2) is 4.17. The Hall–Kier alpha value is -1.90. The lowest BCUT2D eigenvalue weighted by Crippen LogP contribution is -2.19. The fourth-order valence-electron chi connectivity index (χ4n) is 1.54. The lowest BCUT2D eigenvalue weighted by Gasteiger charge is -2.19. The molecule has 3 heteroatoms. The van der Waals surface area contributed by atoms with Gasteiger partial charge in [0.15, 0.2) is 0 Å². The van der Waals surface area contributed by atoms with Crippen molar-refractivity contribution >= 4 is 5.78 Å². The monoisotopic (exact) mass is 228 g/mol. The van der Waals surface area contributed by atoms with E-state index in [9.17, 15) is 4.79 Å². The van der Waals surface area contributed by atoms with Gasteiger partial charge < -0.3 is 4.57 Å². The molecular formula is C14H16N2O. The molecule has 0 bridgehead atoms. The molecule has 0 radical (unpaired) electrons. The number of carbonyl (C=O) groups excluding carboxylic acids is 1. The summed E-state index contributed by atoms with van der Waals surface area (Å²) < 4.78 is 1.95. The van der Waals surface area contributed by atoms with Gasteiger partial charge in [-0.25, -0.2) is 4.98 Å².